The zero-order chi connectivity index (χ0) is 14.4. The lowest BCUT2D eigenvalue weighted by molar-refractivity contribution is 0.374. The van der Waals surface area contributed by atoms with E-state index in [4.69, 9.17) is 4.52 Å². The fraction of sp³-hybridized carbons (Fsp3) is 0.500. The summed E-state index contributed by atoms with van der Waals surface area (Å²) in [4.78, 5) is 13.8. The molecule has 0 bridgehead atoms. The zero-order valence-corrected chi connectivity index (χ0v) is 12.6. The molecule has 20 heavy (non-hydrogen) atoms. The van der Waals surface area contributed by atoms with Crippen molar-refractivity contribution in [1.29, 1.82) is 0 Å². The van der Waals surface area contributed by atoms with Crippen LogP contribution in [-0.2, 0) is 13.0 Å². The van der Waals surface area contributed by atoms with Gasteiger partial charge in [0.1, 0.15) is 5.01 Å². The average Bonchev–Trinajstić information content (AvgIpc) is 3.02. The standard InChI is InChI=1S/C12H18N6OS/c1-8-6-15-11(20-8)7-16-12(13-3)14-5-4-10-17-9(2)18-19-10/h6H,4-5,7H2,1-3H3,(H2,13,14,16). The Morgan fingerprint density at radius 1 is 1.40 bits per heavy atom. The topological polar surface area (TPSA) is 88.2 Å². The molecule has 0 aliphatic heterocycles. The molecular formula is C12H18N6OS. The van der Waals surface area contributed by atoms with Crippen LogP contribution in [0.25, 0.3) is 0 Å². The van der Waals surface area contributed by atoms with Gasteiger partial charge in [0, 0.05) is 31.1 Å². The van der Waals surface area contributed by atoms with Crippen LogP contribution >= 0.6 is 11.3 Å². The van der Waals surface area contributed by atoms with Crippen molar-refractivity contribution in [2.45, 2.75) is 26.8 Å². The van der Waals surface area contributed by atoms with E-state index in [1.165, 1.54) is 4.88 Å². The van der Waals surface area contributed by atoms with Gasteiger partial charge < -0.3 is 15.2 Å². The number of guanidine groups is 1. The number of aryl methyl sites for hydroxylation is 2. The molecule has 8 heteroatoms. The lowest BCUT2D eigenvalue weighted by atomic mass is 10.4. The van der Waals surface area contributed by atoms with E-state index in [0.29, 0.717) is 31.2 Å². The van der Waals surface area contributed by atoms with Crippen LogP contribution in [0, 0.1) is 13.8 Å². The van der Waals surface area contributed by atoms with Gasteiger partial charge in [0.2, 0.25) is 5.89 Å². The maximum atomic E-state index is 5.04. The quantitative estimate of drug-likeness (QED) is 0.633. The lowest BCUT2D eigenvalue weighted by Gasteiger charge is -2.09. The number of aliphatic imine (C=N–C) groups is 1. The Morgan fingerprint density at radius 3 is 2.85 bits per heavy atom. The van der Waals surface area contributed by atoms with Crippen molar-refractivity contribution < 1.29 is 4.52 Å². The molecule has 0 saturated heterocycles. The largest absolute Gasteiger partial charge is 0.356 e. The molecule has 0 fully saturated rings. The third-order valence-electron chi connectivity index (χ3n) is 2.50. The molecule has 0 atom stereocenters. The third-order valence-corrected chi connectivity index (χ3v) is 3.41. The van der Waals surface area contributed by atoms with Gasteiger partial charge in [-0.1, -0.05) is 5.16 Å². The molecule has 108 valence electrons. The van der Waals surface area contributed by atoms with Crippen LogP contribution in [0.5, 0.6) is 0 Å². The fourth-order valence-electron chi connectivity index (χ4n) is 1.59. The number of nitrogens with zero attached hydrogens (tertiary/aromatic N) is 4. The van der Waals surface area contributed by atoms with Gasteiger partial charge in [-0.3, -0.25) is 4.99 Å². The van der Waals surface area contributed by atoms with Crippen molar-refractivity contribution in [3.63, 3.8) is 0 Å². The molecule has 0 spiro atoms. The van der Waals surface area contributed by atoms with Crippen molar-refractivity contribution in [3.05, 3.63) is 27.8 Å². The van der Waals surface area contributed by atoms with Crippen molar-refractivity contribution in [2.75, 3.05) is 13.6 Å². The van der Waals surface area contributed by atoms with Crippen molar-refractivity contribution >= 4 is 17.3 Å². The van der Waals surface area contributed by atoms with Crippen LogP contribution in [0.15, 0.2) is 15.7 Å². The number of rotatable bonds is 5. The molecule has 0 aliphatic carbocycles. The Balaban J connectivity index is 1.72. The van der Waals surface area contributed by atoms with E-state index < -0.39 is 0 Å². The minimum absolute atomic E-state index is 0.626. The van der Waals surface area contributed by atoms with Gasteiger partial charge in [-0.05, 0) is 13.8 Å². The normalized spacial score (nSPS) is 11.7. The van der Waals surface area contributed by atoms with E-state index in [1.807, 2.05) is 13.1 Å². The van der Waals surface area contributed by atoms with E-state index in [-0.39, 0.29) is 0 Å². The van der Waals surface area contributed by atoms with Gasteiger partial charge in [-0.25, -0.2) is 4.98 Å². The van der Waals surface area contributed by atoms with E-state index in [9.17, 15) is 0 Å². The van der Waals surface area contributed by atoms with E-state index in [1.54, 1.807) is 25.3 Å². The van der Waals surface area contributed by atoms with Crippen LogP contribution < -0.4 is 10.6 Å². The predicted molar refractivity (Wildman–Crippen MR) is 77.8 cm³/mol. The summed E-state index contributed by atoms with van der Waals surface area (Å²) < 4.78 is 5.04. The van der Waals surface area contributed by atoms with Crippen LogP contribution in [-0.4, -0.2) is 34.7 Å². The van der Waals surface area contributed by atoms with E-state index in [0.717, 1.165) is 11.0 Å². The maximum Gasteiger partial charge on any atom is 0.228 e. The number of thiazole rings is 1. The molecule has 0 saturated carbocycles. The molecule has 0 aliphatic rings. The molecule has 2 heterocycles. The second kappa shape index (κ2) is 6.99. The predicted octanol–water partition coefficient (Wildman–Crippen LogP) is 1.05. The fourth-order valence-corrected chi connectivity index (χ4v) is 2.32. The van der Waals surface area contributed by atoms with Crippen LogP contribution in [0.3, 0.4) is 0 Å². The van der Waals surface area contributed by atoms with Crippen LogP contribution in [0.2, 0.25) is 0 Å². The summed E-state index contributed by atoms with van der Waals surface area (Å²) in [6, 6.07) is 0. The Bertz CT molecular complexity index is 576. The molecule has 0 unspecified atom stereocenters. The minimum Gasteiger partial charge on any atom is -0.356 e. The lowest BCUT2D eigenvalue weighted by Crippen LogP contribution is -2.37. The Hall–Kier alpha value is -1.96. The number of hydrogen-bond donors (Lipinski definition) is 2. The summed E-state index contributed by atoms with van der Waals surface area (Å²) in [5.74, 6) is 2.01. The smallest absolute Gasteiger partial charge is 0.228 e. The summed E-state index contributed by atoms with van der Waals surface area (Å²) >= 11 is 1.67. The van der Waals surface area contributed by atoms with Gasteiger partial charge in [0.25, 0.3) is 0 Å². The highest BCUT2D eigenvalue weighted by Crippen LogP contribution is 2.10. The molecule has 2 rings (SSSR count). The van der Waals surface area contributed by atoms with E-state index >= 15 is 0 Å². The average molecular weight is 294 g/mol. The number of nitrogens with one attached hydrogen (secondary N) is 2. The first-order chi connectivity index (χ1) is 9.67. The van der Waals surface area contributed by atoms with Crippen molar-refractivity contribution in [2.24, 2.45) is 4.99 Å². The molecule has 2 aromatic heterocycles. The molecule has 7 nitrogen and oxygen atoms in total. The van der Waals surface area contributed by atoms with Crippen molar-refractivity contribution in [3.8, 4) is 0 Å². The van der Waals surface area contributed by atoms with Gasteiger partial charge >= 0.3 is 0 Å². The number of hydrogen-bond acceptors (Lipinski definition) is 6. The summed E-state index contributed by atoms with van der Waals surface area (Å²) in [5, 5.41) is 11.2. The number of aromatic nitrogens is 3. The second-order valence-electron chi connectivity index (χ2n) is 4.20. The monoisotopic (exact) mass is 294 g/mol. The summed E-state index contributed by atoms with van der Waals surface area (Å²) in [5.41, 5.74) is 0. The highest BCUT2D eigenvalue weighted by atomic mass is 32.1. The zero-order valence-electron chi connectivity index (χ0n) is 11.8. The Morgan fingerprint density at radius 2 is 2.25 bits per heavy atom. The highest BCUT2D eigenvalue weighted by molar-refractivity contribution is 7.11. The molecule has 2 N–H and O–H groups in total. The van der Waals surface area contributed by atoms with Crippen molar-refractivity contribution in [1.82, 2.24) is 25.8 Å². The van der Waals surface area contributed by atoms with Crippen LogP contribution in [0.1, 0.15) is 21.6 Å². The van der Waals surface area contributed by atoms with Crippen LogP contribution in [0.4, 0.5) is 0 Å². The summed E-state index contributed by atoms with van der Waals surface area (Å²) in [7, 11) is 1.74. The Kier molecular flexibility index (Phi) is 5.05. The summed E-state index contributed by atoms with van der Waals surface area (Å²) in [6.45, 7) is 5.19. The van der Waals surface area contributed by atoms with Gasteiger partial charge in [0.05, 0.1) is 6.54 Å². The first kappa shape index (κ1) is 14.4. The molecular weight excluding hydrogens is 276 g/mol. The molecule has 0 aromatic carbocycles. The van der Waals surface area contributed by atoms with E-state index in [2.05, 4.69) is 30.8 Å². The second-order valence-corrected chi connectivity index (χ2v) is 5.52. The summed E-state index contributed by atoms with van der Waals surface area (Å²) in [6.07, 6.45) is 2.54. The SMILES string of the molecule is CN=C(NCCc1nc(C)no1)NCc1ncc(C)s1. The first-order valence-electron chi connectivity index (χ1n) is 6.32. The highest BCUT2D eigenvalue weighted by Gasteiger charge is 2.04. The first-order valence-corrected chi connectivity index (χ1v) is 7.14. The van der Waals surface area contributed by atoms with Gasteiger partial charge in [-0.15, -0.1) is 11.3 Å². The molecule has 2 aromatic rings. The minimum atomic E-state index is 0.626. The maximum absolute atomic E-state index is 5.04. The molecule has 0 radical (unpaired) electrons. The third kappa shape index (κ3) is 4.30. The Labute approximate surface area is 121 Å². The van der Waals surface area contributed by atoms with Gasteiger partial charge in [-0.2, -0.15) is 4.98 Å². The van der Waals surface area contributed by atoms with Gasteiger partial charge in [0.15, 0.2) is 11.8 Å². The molecule has 0 amide bonds.